The van der Waals surface area contributed by atoms with Crippen LogP contribution in [0, 0.1) is 18.8 Å². The Balaban J connectivity index is 1.70. The van der Waals surface area contributed by atoms with Crippen LogP contribution in [0.25, 0.3) is 0 Å². The number of carbonyl (C=O) groups is 2. The Morgan fingerprint density at radius 1 is 1.12 bits per heavy atom. The Labute approximate surface area is 155 Å². The van der Waals surface area contributed by atoms with Gasteiger partial charge >= 0.3 is 0 Å². The van der Waals surface area contributed by atoms with Crippen molar-refractivity contribution in [3.05, 3.63) is 59.4 Å². The van der Waals surface area contributed by atoms with Gasteiger partial charge in [-0.3, -0.25) is 9.59 Å². The maximum absolute atomic E-state index is 12.9. The number of aryl methyl sites for hydroxylation is 1. The molecule has 3 rings (SSSR count). The molecule has 0 bridgehead atoms. The lowest BCUT2D eigenvalue weighted by molar-refractivity contribution is -0.123. The number of aromatic nitrogens is 1. The van der Waals surface area contributed by atoms with Crippen molar-refractivity contribution in [3.63, 3.8) is 0 Å². The van der Waals surface area contributed by atoms with Crippen LogP contribution in [0.5, 0.6) is 0 Å². The Bertz CT molecular complexity index is 793. The molecule has 2 aromatic rings. The van der Waals surface area contributed by atoms with Crippen molar-refractivity contribution in [2.24, 2.45) is 11.8 Å². The molecule has 1 N–H and O–H groups in total. The quantitative estimate of drug-likeness (QED) is 0.828. The highest BCUT2D eigenvalue weighted by Crippen LogP contribution is 2.29. The summed E-state index contributed by atoms with van der Waals surface area (Å²) in [6.45, 7) is 6.59. The van der Waals surface area contributed by atoms with E-state index in [1.54, 1.807) is 16.8 Å². The van der Waals surface area contributed by atoms with Crippen molar-refractivity contribution in [1.29, 1.82) is 0 Å². The minimum absolute atomic E-state index is 0.0222. The molecule has 1 aromatic heterocycles. The molecule has 0 aliphatic heterocycles. The van der Waals surface area contributed by atoms with E-state index >= 15 is 0 Å². The van der Waals surface area contributed by atoms with Gasteiger partial charge in [0.25, 0.3) is 0 Å². The number of hydrogen-bond donors (Lipinski definition) is 1. The number of benzene rings is 1. The molecule has 3 atom stereocenters. The fraction of sp³-hybridized carbons (Fsp3) is 0.455. The first-order valence-corrected chi connectivity index (χ1v) is 9.52. The predicted molar refractivity (Wildman–Crippen MR) is 103 cm³/mol. The van der Waals surface area contributed by atoms with E-state index in [0.29, 0.717) is 23.1 Å². The third-order valence-corrected chi connectivity index (χ3v) is 5.82. The van der Waals surface area contributed by atoms with Crippen molar-refractivity contribution in [2.45, 2.75) is 52.6 Å². The van der Waals surface area contributed by atoms with Crippen LogP contribution in [-0.4, -0.2) is 22.3 Å². The molecular formula is C22H28N2O2. The second kappa shape index (κ2) is 7.90. The summed E-state index contributed by atoms with van der Waals surface area (Å²) in [6, 6.07) is 11.4. The van der Waals surface area contributed by atoms with Gasteiger partial charge in [-0.15, -0.1) is 0 Å². The van der Waals surface area contributed by atoms with Gasteiger partial charge in [-0.05, 0) is 42.9 Å². The van der Waals surface area contributed by atoms with Gasteiger partial charge in [0.1, 0.15) is 6.54 Å². The topological polar surface area (TPSA) is 51.1 Å². The molecule has 1 fully saturated rings. The van der Waals surface area contributed by atoms with E-state index in [1.807, 2.05) is 37.3 Å². The van der Waals surface area contributed by atoms with Gasteiger partial charge in [0.2, 0.25) is 11.7 Å². The number of carbonyl (C=O) groups excluding carboxylic acids is 2. The first kappa shape index (κ1) is 18.4. The molecule has 1 aromatic carbocycles. The maximum Gasteiger partial charge on any atom is 0.240 e. The molecule has 1 aliphatic rings. The second-order valence-corrected chi connectivity index (χ2v) is 7.61. The summed E-state index contributed by atoms with van der Waals surface area (Å²) in [5.74, 6) is 1.07. The fourth-order valence-corrected chi connectivity index (χ4v) is 3.92. The average molecular weight is 352 g/mol. The van der Waals surface area contributed by atoms with E-state index in [9.17, 15) is 9.59 Å². The molecule has 1 amide bonds. The fourth-order valence-electron chi connectivity index (χ4n) is 3.92. The minimum Gasteiger partial charge on any atom is -0.352 e. The normalized spacial score (nSPS) is 22.8. The molecule has 4 nitrogen and oxygen atoms in total. The molecule has 0 spiro atoms. The Kier molecular flexibility index (Phi) is 5.60. The monoisotopic (exact) mass is 352 g/mol. The van der Waals surface area contributed by atoms with Gasteiger partial charge in [-0.1, -0.05) is 51.0 Å². The summed E-state index contributed by atoms with van der Waals surface area (Å²) in [4.78, 5) is 25.4. The number of rotatable bonds is 5. The molecule has 0 saturated heterocycles. The number of amides is 1. The van der Waals surface area contributed by atoms with Crippen LogP contribution in [0.2, 0.25) is 0 Å². The smallest absolute Gasteiger partial charge is 0.240 e. The molecule has 0 radical (unpaired) electrons. The van der Waals surface area contributed by atoms with Crippen LogP contribution >= 0.6 is 0 Å². The Morgan fingerprint density at radius 3 is 2.65 bits per heavy atom. The first-order chi connectivity index (χ1) is 12.5. The summed E-state index contributed by atoms with van der Waals surface area (Å²) in [7, 11) is 0. The van der Waals surface area contributed by atoms with E-state index in [0.717, 1.165) is 18.4 Å². The first-order valence-electron chi connectivity index (χ1n) is 9.52. The zero-order valence-electron chi connectivity index (χ0n) is 15.9. The van der Waals surface area contributed by atoms with Gasteiger partial charge in [0.05, 0.1) is 5.69 Å². The van der Waals surface area contributed by atoms with Crippen LogP contribution in [-0.2, 0) is 11.3 Å². The summed E-state index contributed by atoms with van der Waals surface area (Å²) in [6.07, 6.45) is 5.24. The van der Waals surface area contributed by atoms with E-state index in [2.05, 4.69) is 19.2 Å². The van der Waals surface area contributed by atoms with Crippen LogP contribution in [0.15, 0.2) is 42.6 Å². The third-order valence-electron chi connectivity index (χ3n) is 5.82. The lowest BCUT2D eigenvalue weighted by atomic mass is 9.78. The van der Waals surface area contributed by atoms with Gasteiger partial charge in [-0.25, -0.2) is 0 Å². The lowest BCUT2D eigenvalue weighted by Gasteiger charge is -2.34. The number of ketones is 1. The standard InChI is InChI=1S/C22H28N2O2/c1-15-9-6-11-19(17(15)3)23-21(25)14-24-13-7-12-20(24)22(26)18-10-5-4-8-16(18)2/h4-5,7-8,10,12-13,15,17,19H,6,9,11,14H2,1-3H3,(H,23,25)/t15-,17+,19+/m0/s1. The Morgan fingerprint density at radius 2 is 1.88 bits per heavy atom. The summed E-state index contributed by atoms with van der Waals surface area (Å²) in [5, 5.41) is 3.18. The largest absolute Gasteiger partial charge is 0.352 e. The number of nitrogens with zero attached hydrogens (tertiary/aromatic N) is 1. The van der Waals surface area contributed by atoms with Crippen LogP contribution in [0.3, 0.4) is 0 Å². The molecule has 1 aliphatic carbocycles. The molecule has 1 heterocycles. The Hall–Kier alpha value is -2.36. The predicted octanol–water partition coefficient (Wildman–Crippen LogP) is 3.97. The van der Waals surface area contributed by atoms with E-state index in [1.165, 1.54) is 6.42 Å². The molecule has 0 unspecified atom stereocenters. The molecule has 1 saturated carbocycles. The zero-order valence-corrected chi connectivity index (χ0v) is 15.9. The molecular weight excluding hydrogens is 324 g/mol. The van der Waals surface area contributed by atoms with Gasteiger partial charge in [0, 0.05) is 17.8 Å². The zero-order chi connectivity index (χ0) is 18.7. The van der Waals surface area contributed by atoms with Crippen LogP contribution in [0.4, 0.5) is 0 Å². The summed E-state index contributed by atoms with van der Waals surface area (Å²) in [5.41, 5.74) is 2.18. The van der Waals surface area contributed by atoms with Crippen molar-refractivity contribution < 1.29 is 9.59 Å². The van der Waals surface area contributed by atoms with Crippen molar-refractivity contribution in [3.8, 4) is 0 Å². The third kappa shape index (κ3) is 3.90. The van der Waals surface area contributed by atoms with Crippen molar-refractivity contribution >= 4 is 11.7 Å². The van der Waals surface area contributed by atoms with E-state index in [4.69, 9.17) is 0 Å². The summed E-state index contributed by atoms with van der Waals surface area (Å²) >= 11 is 0. The van der Waals surface area contributed by atoms with Crippen molar-refractivity contribution in [1.82, 2.24) is 9.88 Å². The minimum atomic E-state index is -0.0412. The van der Waals surface area contributed by atoms with Crippen molar-refractivity contribution in [2.75, 3.05) is 0 Å². The lowest BCUT2D eigenvalue weighted by Crippen LogP contribution is -2.44. The molecule has 138 valence electrons. The highest BCUT2D eigenvalue weighted by atomic mass is 16.2. The van der Waals surface area contributed by atoms with Crippen LogP contribution in [0.1, 0.15) is 54.7 Å². The van der Waals surface area contributed by atoms with Gasteiger partial charge in [0.15, 0.2) is 0 Å². The van der Waals surface area contributed by atoms with E-state index < -0.39 is 0 Å². The number of nitrogens with one attached hydrogen (secondary N) is 1. The van der Waals surface area contributed by atoms with Gasteiger partial charge in [-0.2, -0.15) is 0 Å². The molecule has 26 heavy (non-hydrogen) atoms. The van der Waals surface area contributed by atoms with Crippen LogP contribution < -0.4 is 5.32 Å². The highest BCUT2D eigenvalue weighted by Gasteiger charge is 2.28. The summed E-state index contributed by atoms with van der Waals surface area (Å²) < 4.78 is 1.75. The van der Waals surface area contributed by atoms with E-state index in [-0.39, 0.29) is 24.3 Å². The highest BCUT2D eigenvalue weighted by molar-refractivity contribution is 6.09. The number of hydrogen-bond acceptors (Lipinski definition) is 2. The molecule has 4 heteroatoms. The second-order valence-electron chi connectivity index (χ2n) is 7.61. The SMILES string of the molecule is Cc1ccccc1C(=O)c1cccn1CC(=O)N[C@@H]1CCC[C@H](C)[C@H]1C. The van der Waals surface area contributed by atoms with Gasteiger partial charge < -0.3 is 9.88 Å². The maximum atomic E-state index is 12.9. The average Bonchev–Trinajstić information content (AvgIpc) is 3.07.